The van der Waals surface area contributed by atoms with E-state index in [1.807, 2.05) is 65.9 Å². The molecule has 0 bridgehead atoms. The van der Waals surface area contributed by atoms with Gasteiger partial charge in [-0.15, -0.1) is 11.3 Å². The van der Waals surface area contributed by atoms with Crippen LogP contribution in [0.4, 0.5) is 0 Å². The zero-order valence-electron chi connectivity index (χ0n) is 33.7. The van der Waals surface area contributed by atoms with Gasteiger partial charge in [0.05, 0.1) is 11.0 Å². The van der Waals surface area contributed by atoms with Crippen molar-refractivity contribution in [3.63, 3.8) is 0 Å². The van der Waals surface area contributed by atoms with E-state index in [2.05, 4.69) is 156 Å². The molecular formula is C57H34N4OS. The van der Waals surface area contributed by atoms with Gasteiger partial charge in [-0.1, -0.05) is 152 Å². The molecule has 9 aromatic carbocycles. The Hall–Kier alpha value is -8.19. The van der Waals surface area contributed by atoms with Crippen LogP contribution in [0.15, 0.2) is 211 Å². The molecule has 5 nitrogen and oxygen atoms in total. The van der Waals surface area contributed by atoms with Gasteiger partial charge >= 0.3 is 0 Å². The predicted octanol–water partition coefficient (Wildman–Crippen LogP) is 15.6. The number of nitrogens with zero attached hydrogens (tertiary/aromatic N) is 4. The molecule has 0 saturated heterocycles. The third kappa shape index (κ3) is 5.80. The molecule has 0 aliphatic rings. The Morgan fingerprint density at radius 1 is 0.349 bits per heavy atom. The van der Waals surface area contributed by atoms with Crippen LogP contribution >= 0.6 is 11.3 Å². The van der Waals surface area contributed by atoms with Gasteiger partial charge in [-0.25, -0.2) is 15.0 Å². The van der Waals surface area contributed by atoms with Crippen molar-refractivity contribution in [2.45, 2.75) is 0 Å². The first kappa shape index (κ1) is 35.6. The summed E-state index contributed by atoms with van der Waals surface area (Å²) in [6.45, 7) is 0. The lowest BCUT2D eigenvalue weighted by molar-refractivity contribution is 0.669. The summed E-state index contributed by atoms with van der Waals surface area (Å²) in [7, 11) is 0. The van der Waals surface area contributed by atoms with Crippen LogP contribution in [0.25, 0.3) is 126 Å². The lowest BCUT2D eigenvalue weighted by Crippen LogP contribution is -2.00. The second kappa shape index (κ2) is 14.2. The zero-order valence-corrected chi connectivity index (χ0v) is 34.6. The average Bonchev–Trinajstić information content (AvgIpc) is 4.03. The molecule has 13 rings (SSSR count). The van der Waals surface area contributed by atoms with Crippen LogP contribution < -0.4 is 0 Å². The zero-order chi connectivity index (χ0) is 41.4. The maximum Gasteiger partial charge on any atom is 0.164 e. The van der Waals surface area contributed by atoms with Crippen LogP contribution in [0.3, 0.4) is 0 Å². The van der Waals surface area contributed by atoms with E-state index in [1.165, 1.54) is 64.2 Å². The Morgan fingerprint density at radius 2 is 0.937 bits per heavy atom. The fourth-order valence-electron chi connectivity index (χ4n) is 9.33. The van der Waals surface area contributed by atoms with Crippen molar-refractivity contribution in [1.82, 2.24) is 19.5 Å². The first-order valence-electron chi connectivity index (χ1n) is 21.1. The monoisotopic (exact) mass is 822 g/mol. The maximum atomic E-state index is 6.27. The van der Waals surface area contributed by atoms with E-state index in [0.717, 1.165) is 44.3 Å². The Morgan fingerprint density at radius 3 is 1.76 bits per heavy atom. The molecule has 4 heterocycles. The molecular weight excluding hydrogens is 789 g/mol. The minimum atomic E-state index is 0.597. The quantitative estimate of drug-likeness (QED) is 0.168. The van der Waals surface area contributed by atoms with E-state index in [9.17, 15) is 0 Å². The maximum absolute atomic E-state index is 6.27. The normalized spacial score (nSPS) is 11.8. The molecule has 294 valence electrons. The van der Waals surface area contributed by atoms with Crippen molar-refractivity contribution in [2.75, 3.05) is 0 Å². The van der Waals surface area contributed by atoms with Gasteiger partial charge < -0.3 is 8.98 Å². The molecule has 0 radical (unpaired) electrons. The summed E-state index contributed by atoms with van der Waals surface area (Å²) in [4.78, 5) is 15.2. The summed E-state index contributed by atoms with van der Waals surface area (Å²) in [6.07, 6.45) is 0. The second-order valence-corrected chi connectivity index (χ2v) is 17.0. The largest absolute Gasteiger partial charge is 0.456 e. The lowest BCUT2D eigenvalue weighted by atomic mass is 9.93. The van der Waals surface area contributed by atoms with E-state index < -0.39 is 0 Å². The highest BCUT2D eigenvalue weighted by Crippen LogP contribution is 2.45. The highest BCUT2D eigenvalue weighted by atomic mass is 32.1. The first-order chi connectivity index (χ1) is 31.2. The van der Waals surface area contributed by atoms with Gasteiger partial charge in [0, 0.05) is 69.7 Å². The van der Waals surface area contributed by atoms with Crippen molar-refractivity contribution < 1.29 is 4.42 Å². The summed E-state index contributed by atoms with van der Waals surface area (Å²) in [6, 6.07) is 72.9. The lowest BCUT2D eigenvalue weighted by Gasteiger charge is -2.12. The van der Waals surface area contributed by atoms with Gasteiger partial charge in [-0.2, -0.15) is 0 Å². The van der Waals surface area contributed by atoms with Gasteiger partial charge in [0.2, 0.25) is 0 Å². The molecule has 0 amide bonds. The van der Waals surface area contributed by atoms with E-state index in [0.29, 0.717) is 17.5 Å². The number of aromatic nitrogens is 4. The molecule has 63 heavy (non-hydrogen) atoms. The van der Waals surface area contributed by atoms with Gasteiger partial charge in [0.1, 0.15) is 11.2 Å². The van der Waals surface area contributed by atoms with Gasteiger partial charge in [-0.3, -0.25) is 0 Å². The minimum absolute atomic E-state index is 0.597. The van der Waals surface area contributed by atoms with Crippen LogP contribution in [0.1, 0.15) is 0 Å². The summed E-state index contributed by atoms with van der Waals surface area (Å²) >= 11 is 1.82. The smallest absolute Gasteiger partial charge is 0.164 e. The van der Waals surface area contributed by atoms with E-state index in [1.54, 1.807) is 0 Å². The van der Waals surface area contributed by atoms with Gasteiger partial charge in [0.15, 0.2) is 17.5 Å². The summed E-state index contributed by atoms with van der Waals surface area (Å²) in [5, 5.41) is 7.08. The van der Waals surface area contributed by atoms with Crippen molar-refractivity contribution in [3.8, 4) is 62.1 Å². The number of furan rings is 1. The van der Waals surface area contributed by atoms with Crippen LogP contribution in [-0.2, 0) is 0 Å². The third-order valence-electron chi connectivity index (χ3n) is 12.3. The van der Waals surface area contributed by atoms with Crippen molar-refractivity contribution in [2.24, 2.45) is 0 Å². The number of benzene rings is 9. The predicted molar refractivity (Wildman–Crippen MR) is 262 cm³/mol. The number of thiophene rings is 1. The van der Waals surface area contributed by atoms with Gasteiger partial charge in [0.25, 0.3) is 0 Å². The molecule has 0 saturated carbocycles. The van der Waals surface area contributed by atoms with E-state index >= 15 is 0 Å². The molecule has 13 aromatic rings. The molecule has 0 unspecified atom stereocenters. The molecule has 0 spiro atoms. The Labute approximate surface area is 365 Å². The summed E-state index contributed by atoms with van der Waals surface area (Å²) < 4.78 is 11.1. The van der Waals surface area contributed by atoms with Crippen molar-refractivity contribution in [1.29, 1.82) is 0 Å². The molecule has 0 N–H and O–H groups in total. The van der Waals surface area contributed by atoms with Gasteiger partial charge in [-0.05, 0) is 71.3 Å². The number of rotatable bonds is 6. The van der Waals surface area contributed by atoms with Crippen LogP contribution in [0.5, 0.6) is 0 Å². The topological polar surface area (TPSA) is 56.7 Å². The molecule has 0 aliphatic heterocycles. The van der Waals surface area contributed by atoms with Crippen molar-refractivity contribution in [3.05, 3.63) is 206 Å². The summed E-state index contributed by atoms with van der Waals surface area (Å²) in [5.74, 6) is 1.84. The first-order valence-corrected chi connectivity index (χ1v) is 21.9. The van der Waals surface area contributed by atoms with Crippen molar-refractivity contribution >= 4 is 75.3 Å². The van der Waals surface area contributed by atoms with E-state index in [4.69, 9.17) is 19.4 Å². The summed E-state index contributed by atoms with van der Waals surface area (Å²) in [5.41, 5.74) is 12.8. The van der Waals surface area contributed by atoms with Crippen LogP contribution in [0.2, 0.25) is 0 Å². The van der Waals surface area contributed by atoms with E-state index in [-0.39, 0.29) is 0 Å². The molecule has 0 aliphatic carbocycles. The highest BCUT2D eigenvalue weighted by molar-refractivity contribution is 7.26. The third-order valence-corrected chi connectivity index (χ3v) is 13.5. The Balaban J connectivity index is 0.933. The number of hydrogen-bond donors (Lipinski definition) is 0. The standard InChI is InChI=1S/C57H34N4OS/c1-3-14-35(15-4-1)55-58-56(37-26-29-44-43-21-10-12-25-51(43)62-52(44)33-37)60-57(59-55)38-27-30-45-47-23-13-22-46(54(47)63-53(45)34-38)41-19-8-7-18-40(41)36-28-31-50-48(32-36)42-20-9-11-24-49(42)61(50)39-16-5-2-6-17-39/h1-34H. The molecule has 4 aromatic heterocycles. The fourth-order valence-corrected chi connectivity index (χ4v) is 10.6. The Bertz CT molecular complexity index is 3920. The SMILES string of the molecule is c1ccc(-c2nc(-c3ccc4c(c3)oc3ccccc34)nc(-c3ccc4c(c3)sc3c(-c5ccccc5-c5ccc6c(c5)c5ccccc5n6-c5ccccc5)cccc34)n2)cc1. The van der Waals surface area contributed by atoms with Crippen LogP contribution in [-0.4, -0.2) is 19.5 Å². The van der Waals surface area contributed by atoms with Crippen LogP contribution in [0, 0.1) is 0 Å². The Kier molecular flexibility index (Phi) is 8.01. The number of fused-ring (bicyclic) bond motifs is 9. The minimum Gasteiger partial charge on any atom is -0.456 e. The molecule has 0 atom stereocenters. The number of para-hydroxylation sites is 3. The number of hydrogen-bond acceptors (Lipinski definition) is 5. The molecule has 0 fully saturated rings. The second-order valence-electron chi connectivity index (χ2n) is 15.9. The average molecular weight is 823 g/mol. The fraction of sp³-hybridized carbons (Fsp3) is 0. The highest BCUT2D eigenvalue weighted by Gasteiger charge is 2.19. The molecule has 6 heteroatoms.